The summed E-state index contributed by atoms with van der Waals surface area (Å²) in [5.41, 5.74) is 2.42. The fraction of sp³-hybridized carbons (Fsp3) is 0.500. The number of ether oxygens (including phenoxy) is 1. The average Bonchev–Trinajstić information content (AvgIpc) is 2.03. The quantitative estimate of drug-likeness (QED) is 0.720. The van der Waals surface area contributed by atoms with E-state index >= 15 is 0 Å². The molecule has 0 aromatic heterocycles. The Labute approximate surface area is 77.7 Å². The first-order valence-corrected chi connectivity index (χ1v) is 4.34. The van der Waals surface area contributed by atoms with E-state index in [2.05, 4.69) is 19.1 Å². The van der Waals surface area contributed by atoms with Crippen LogP contribution in [0.5, 0.6) is 0 Å². The minimum Gasteiger partial charge on any atom is -0.480 e. The van der Waals surface area contributed by atoms with Gasteiger partial charge in [-0.25, -0.2) is 4.79 Å². The lowest BCUT2D eigenvalue weighted by Crippen LogP contribution is -2.09. The highest BCUT2D eigenvalue weighted by Gasteiger charge is 2.03. The molecule has 0 aromatic carbocycles. The second kappa shape index (κ2) is 4.82. The lowest BCUT2D eigenvalue weighted by molar-refractivity contribution is -0.141. The Balaban J connectivity index is 2.29. The molecule has 72 valence electrons. The van der Waals surface area contributed by atoms with Crippen molar-refractivity contribution in [3.8, 4) is 0 Å². The van der Waals surface area contributed by atoms with Crippen molar-refractivity contribution in [2.75, 3.05) is 13.2 Å². The number of carbonyl (C=O) groups is 1. The fourth-order valence-electron chi connectivity index (χ4n) is 1.29. The van der Waals surface area contributed by atoms with E-state index in [9.17, 15) is 4.79 Å². The number of hydrogen-bond acceptors (Lipinski definition) is 2. The standard InChI is InChI=1S/C10H14O3/c1-8-3-2-4-9(5-8)6-13-7-10(11)12/h4-5H,2-3,6-7H2,1H3,(H,11,12). The number of allylic oxidation sites excluding steroid dienone is 2. The Bertz CT molecular complexity index is 251. The molecule has 0 unspecified atom stereocenters. The van der Waals surface area contributed by atoms with Gasteiger partial charge in [0.2, 0.25) is 0 Å². The Hall–Kier alpha value is -1.09. The molecule has 0 saturated carbocycles. The van der Waals surface area contributed by atoms with Gasteiger partial charge in [-0.1, -0.05) is 17.7 Å². The van der Waals surface area contributed by atoms with Crippen LogP contribution >= 0.6 is 0 Å². The third-order valence-corrected chi connectivity index (χ3v) is 1.87. The molecule has 0 atom stereocenters. The van der Waals surface area contributed by atoms with E-state index in [-0.39, 0.29) is 6.61 Å². The summed E-state index contributed by atoms with van der Waals surface area (Å²) in [6.45, 7) is 2.26. The van der Waals surface area contributed by atoms with Crippen LogP contribution in [0.25, 0.3) is 0 Å². The minimum atomic E-state index is -0.919. The van der Waals surface area contributed by atoms with Gasteiger partial charge in [0.1, 0.15) is 6.61 Å². The van der Waals surface area contributed by atoms with Crippen molar-refractivity contribution in [1.82, 2.24) is 0 Å². The minimum absolute atomic E-state index is 0.218. The zero-order valence-electron chi connectivity index (χ0n) is 7.75. The van der Waals surface area contributed by atoms with Crippen LogP contribution in [0.3, 0.4) is 0 Å². The van der Waals surface area contributed by atoms with Gasteiger partial charge in [-0.15, -0.1) is 0 Å². The highest BCUT2D eigenvalue weighted by atomic mass is 16.5. The molecule has 1 N–H and O–H groups in total. The van der Waals surface area contributed by atoms with Gasteiger partial charge in [-0.3, -0.25) is 0 Å². The number of aliphatic carboxylic acids is 1. The molecule has 0 bridgehead atoms. The van der Waals surface area contributed by atoms with Gasteiger partial charge in [-0.2, -0.15) is 0 Å². The summed E-state index contributed by atoms with van der Waals surface area (Å²) < 4.78 is 4.97. The van der Waals surface area contributed by atoms with Crippen LogP contribution in [0.1, 0.15) is 19.8 Å². The number of hydrogen-bond donors (Lipinski definition) is 1. The molecule has 1 rings (SSSR count). The largest absolute Gasteiger partial charge is 0.480 e. The van der Waals surface area contributed by atoms with Crippen LogP contribution < -0.4 is 0 Å². The van der Waals surface area contributed by atoms with E-state index in [0.717, 1.165) is 18.4 Å². The molecule has 0 radical (unpaired) electrons. The van der Waals surface area contributed by atoms with Gasteiger partial charge >= 0.3 is 5.97 Å². The highest BCUT2D eigenvalue weighted by Crippen LogP contribution is 2.16. The lowest BCUT2D eigenvalue weighted by atomic mass is 10.0. The molecule has 0 aliphatic heterocycles. The van der Waals surface area contributed by atoms with Gasteiger partial charge < -0.3 is 9.84 Å². The van der Waals surface area contributed by atoms with E-state index < -0.39 is 5.97 Å². The molecule has 0 spiro atoms. The summed E-state index contributed by atoms with van der Waals surface area (Å²) in [6.07, 6.45) is 6.29. The van der Waals surface area contributed by atoms with E-state index in [1.165, 1.54) is 5.57 Å². The van der Waals surface area contributed by atoms with Crippen molar-refractivity contribution >= 4 is 5.97 Å². The SMILES string of the molecule is CC1=CC(COCC(=O)O)=CCC1. The van der Waals surface area contributed by atoms with Crippen LogP contribution in [0.15, 0.2) is 23.3 Å². The van der Waals surface area contributed by atoms with Gasteiger partial charge in [0.25, 0.3) is 0 Å². The van der Waals surface area contributed by atoms with Crippen LogP contribution in [0.2, 0.25) is 0 Å². The summed E-state index contributed by atoms with van der Waals surface area (Å²) >= 11 is 0. The maximum Gasteiger partial charge on any atom is 0.329 e. The van der Waals surface area contributed by atoms with Gasteiger partial charge in [0.05, 0.1) is 6.61 Å². The molecule has 1 aliphatic carbocycles. The fourth-order valence-corrected chi connectivity index (χ4v) is 1.29. The first-order chi connectivity index (χ1) is 6.18. The molecule has 13 heavy (non-hydrogen) atoms. The maximum atomic E-state index is 10.1. The molecule has 0 heterocycles. The summed E-state index contributed by atoms with van der Waals surface area (Å²) in [7, 11) is 0. The third-order valence-electron chi connectivity index (χ3n) is 1.87. The number of rotatable bonds is 4. The Morgan fingerprint density at radius 2 is 2.46 bits per heavy atom. The normalized spacial score (nSPS) is 16.4. The zero-order valence-corrected chi connectivity index (χ0v) is 7.75. The van der Waals surface area contributed by atoms with Crippen LogP contribution in [-0.4, -0.2) is 24.3 Å². The Morgan fingerprint density at radius 3 is 3.08 bits per heavy atom. The molecular formula is C10H14O3. The maximum absolute atomic E-state index is 10.1. The van der Waals surface area contributed by atoms with Crippen LogP contribution in [0.4, 0.5) is 0 Å². The second-order valence-corrected chi connectivity index (χ2v) is 3.19. The molecule has 0 amide bonds. The second-order valence-electron chi connectivity index (χ2n) is 3.19. The number of carboxylic acids is 1. The molecule has 3 heteroatoms. The first kappa shape index (κ1) is 9.99. The zero-order chi connectivity index (χ0) is 9.68. The van der Waals surface area contributed by atoms with Crippen molar-refractivity contribution in [2.24, 2.45) is 0 Å². The van der Waals surface area contributed by atoms with Crippen molar-refractivity contribution in [3.05, 3.63) is 23.3 Å². The van der Waals surface area contributed by atoms with Gasteiger partial charge in [0, 0.05) is 0 Å². The van der Waals surface area contributed by atoms with Crippen LogP contribution in [0, 0.1) is 0 Å². The van der Waals surface area contributed by atoms with Crippen molar-refractivity contribution in [3.63, 3.8) is 0 Å². The molecular weight excluding hydrogens is 168 g/mol. The molecule has 0 saturated heterocycles. The van der Waals surface area contributed by atoms with Crippen molar-refractivity contribution < 1.29 is 14.6 Å². The lowest BCUT2D eigenvalue weighted by Gasteiger charge is -2.10. The Kier molecular flexibility index (Phi) is 3.71. The van der Waals surface area contributed by atoms with Crippen molar-refractivity contribution in [1.29, 1.82) is 0 Å². The van der Waals surface area contributed by atoms with Gasteiger partial charge in [0.15, 0.2) is 0 Å². The highest BCUT2D eigenvalue weighted by molar-refractivity contribution is 5.68. The van der Waals surface area contributed by atoms with E-state index in [1.807, 2.05) is 0 Å². The smallest absolute Gasteiger partial charge is 0.329 e. The topological polar surface area (TPSA) is 46.5 Å². The van der Waals surface area contributed by atoms with Gasteiger partial charge in [-0.05, 0) is 25.3 Å². The van der Waals surface area contributed by atoms with Crippen molar-refractivity contribution in [2.45, 2.75) is 19.8 Å². The summed E-state index contributed by atoms with van der Waals surface area (Å²) in [6, 6.07) is 0. The third kappa shape index (κ3) is 3.90. The van der Waals surface area contributed by atoms with E-state index in [0.29, 0.717) is 6.61 Å². The monoisotopic (exact) mass is 182 g/mol. The van der Waals surface area contributed by atoms with E-state index in [4.69, 9.17) is 9.84 Å². The van der Waals surface area contributed by atoms with Crippen LogP contribution in [-0.2, 0) is 9.53 Å². The predicted octanol–water partition coefficient (Wildman–Crippen LogP) is 1.75. The average molecular weight is 182 g/mol. The Morgan fingerprint density at radius 1 is 1.69 bits per heavy atom. The summed E-state index contributed by atoms with van der Waals surface area (Å²) in [4.78, 5) is 10.1. The number of carboxylic acid groups (broad SMARTS) is 1. The molecule has 0 aromatic rings. The first-order valence-electron chi connectivity index (χ1n) is 4.34. The molecule has 1 aliphatic rings. The van der Waals surface area contributed by atoms with E-state index in [1.54, 1.807) is 0 Å². The summed E-state index contributed by atoms with van der Waals surface area (Å²) in [5, 5.41) is 8.34. The predicted molar refractivity (Wildman–Crippen MR) is 49.5 cm³/mol. The molecule has 0 fully saturated rings. The summed E-state index contributed by atoms with van der Waals surface area (Å²) in [5.74, 6) is -0.919. The molecule has 3 nitrogen and oxygen atoms in total.